The van der Waals surface area contributed by atoms with Gasteiger partial charge in [-0.05, 0) is 32.1 Å². The van der Waals surface area contributed by atoms with Crippen molar-refractivity contribution in [3.63, 3.8) is 0 Å². The third-order valence-corrected chi connectivity index (χ3v) is 5.36. The van der Waals surface area contributed by atoms with E-state index in [1.165, 1.54) is 0 Å². The number of nitrogens with zero attached hydrogens (tertiary/aromatic N) is 1. The zero-order valence-corrected chi connectivity index (χ0v) is 15.0. The Bertz CT molecular complexity index is 454. The van der Waals surface area contributed by atoms with Crippen LogP contribution in [0.15, 0.2) is 17.1 Å². The maximum atomic E-state index is 11.4. The number of sulfone groups is 1. The van der Waals surface area contributed by atoms with Gasteiger partial charge in [0.1, 0.15) is 0 Å². The van der Waals surface area contributed by atoms with Gasteiger partial charge in [0, 0.05) is 19.1 Å². The van der Waals surface area contributed by atoms with Crippen LogP contribution in [0.5, 0.6) is 0 Å². The molecule has 1 fully saturated rings. The molecule has 1 saturated heterocycles. The maximum Gasteiger partial charge on any atom is 0.191 e. The fourth-order valence-corrected chi connectivity index (χ4v) is 4.33. The summed E-state index contributed by atoms with van der Waals surface area (Å²) < 4.78 is 22.8. The molecule has 2 aliphatic rings. The standard InChI is InChI=1S/C13H23N3O2S.HI/c1-2-14-13(16-12-5-3-4-6-12)15-9-11-7-8-19(17,18)10-11;/h3-4,11-12H,2,5-10H2,1H3,(H2,14,15,16);1H. The van der Waals surface area contributed by atoms with Gasteiger partial charge in [0.05, 0.1) is 11.5 Å². The molecule has 0 bridgehead atoms. The fourth-order valence-electron chi connectivity index (χ4n) is 2.48. The molecule has 5 nitrogen and oxygen atoms in total. The molecule has 1 aliphatic carbocycles. The molecule has 116 valence electrons. The van der Waals surface area contributed by atoms with E-state index in [1.54, 1.807) is 0 Å². The van der Waals surface area contributed by atoms with E-state index in [0.717, 1.165) is 31.8 Å². The van der Waals surface area contributed by atoms with Gasteiger partial charge >= 0.3 is 0 Å². The minimum atomic E-state index is -2.80. The summed E-state index contributed by atoms with van der Waals surface area (Å²) in [4.78, 5) is 4.53. The van der Waals surface area contributed by atoms with Gasteiger partial charge in [-0.3, -0.25) is 4.99 Å². The van der Waals surface area contributed by atoms with Crippen molar-refractivity contribution in [3.8, 4) is 0 Å². The molecule has 2 N–H and O–H groups in total. The first-order valence-corrected chi connectivity index (χ1v) is 8.81. The number of nitrogens with one attached hydrogen (secondary N) is 2. The van der Waals surface area contributed by atoms with Crippen molar-refractivity contribution in [2.45, 2.75) is 32.2 Å². The number of aliphatic imine (C=N–C) groups is 1. The molecule has 7 heteroatoms. The highest BCUT2D eigenvalue weighted by atomic mass is 127. The number of guanidine groups is 1. The third-order valence-electron chi connectivity index (χ3n) is 3.53. The van der Waals surface area contributed by atoms with Crippen LogP contribution in [0.4, 0.5) is 0 Å². The highest BCUT2D eigenvalue weighted by molar-refractivity contribution is 14.0. The van der Waals surface area contributed by atoms with Gasteiger partial charge in [0.2, 0.25) is 0 Å². The third kappa shape index (κ3) is 5.59. The van der Waals surface area contributed by atoms with Gasteiger partial charge in [0.15, 0.2) is 15.8 Å². The van der Waals surface area contributed by atoms with Crippen molar-refractivity contribution in [2.24, 2.45) is 10.9 Å². The first-order valence-electron chi connectivity index (χ1n) is 6.99. The summed E-state index contributed by atoms with van der Waals surface area (Å²) in [5, 5.41) is 6.60. The molecule has 0 aromatic rings. The topological polar surface area (TPSA) is 70.6 Å². The van der Waals surface area contributed by atoms with Crippen LogP contribution in [0.3, 0.4) is 0 Å². The SMILES string of the molecule is CCNC(=NCC1CCS(=O)(=O)C1)NC1CC=CC1.I. The van der Waals surface area contributed by atoms with E-state index in [2.05, 4.69) is 27.8 Å². The summed E-state index contributed by atoms with van der Waals surface area (Å²) in [6.07, 6.45) is 7.15. The van der Waals surface area contributed by atoms with Gasteiger partial charge < -0.3 is 10.6 Å². The Hall–Kier alpha value is -0.310. The molecule has 0 aromatic carbocycles. The molecular weight excluding hydrogens is 389 g/mol. The predicted octanol–water partition coefficient (Wildman–Crippen LogP) is 1.31. The quantitative estimate of drug-likeness (QED) is 0.316. The second-order valence-corrected chi connectivity index (χ2v) is 7.50. The van der Waals surface area contributed by atoms with Crippen LogP contribution in [0.2, 0.25) is 0 Å². The van der Waals surface area contributed by atoms with E-state index in [-0.39, 0.29) is 29.9 Å². The molecule has 0 aromatic heterocycles. The van der Waals surface area contributed by atoms with Crippen molar-refractivity contribution >= 4 is 39.8 Å². The summed E-state index contributed by atoms with van der Waals surface area (Å²) in [6, 6.07) is 0.421. The van der Waals surface area contributed by atoms with Gasteiger partial charge in [-0.1, -0.05) is 12.2 Å². The fraction of sp³-hybridized carbons (Fsp3) is 0.769. The lowest BCUT2D eigenvalue weighted by atomic mass is 10.1. The summed E-state index contributed by atoms with van der Waals surface area (Å²) in [5.41, 5.74) is 0. The minimum absolute atomic E-state index is 0. The molecule has 1 heterocycles. The highest BCUT2D eigenvalue weighted by Crippen LogP contribution is 2.18. The van der Waals surface area contributed by atoms with E-state index < -0.39 is 9.84 Å². The largest absolute Gasteiger partial charge is 0.357 e. The van der Waals surface area contributed by atoms with Crippen LogP contribution in [0.1, 0.15) is 26.2 Å². The van der Waals surface area contributed by atoms with Gasteiger partial charge in [-0.25, -0.2) is 8.42 Å². The Morgan fingerprint density at radius 2 is 2.05 bits per heavy atom. The van der Waals surface area contributed by atoms with Gasteiger partial charge in [-0.15, -0.1) is 24.0 Å². The summed E-state index contributed by atoms with van der Waals surface area (Å²) in [7, 11) is -2.80. The Balaban J connectivity index is 0.00000200. The molecule has 0 saturated carbocycles. The molecule has 0 amide bonds. The second-order valence-electron chi connectivity index (χ2n) is 5.27. The molecule has 0 radical (unpaired) electrons. The summed E-state index contributed by atoms with van der Waals surface area (Å²) >= 11 is 0. The van der Waals surface area contributed by atoms with Crippen LogP contribution in [-0.2, 0) is 9.84 Å². The summed E-state index contributed by atoms with van der Waals surface area (Å²) in [6.45, 7) is 3.44. The Labute approximate surface area is 138 Å². The molecule has 2 rings (SSSR count). The van der Waals surface area contributed by atoms with Crippen LogP contribution in [-0.4, -0.2) is 45.0 Å². The lowest BCUT2D eigenvalue weighted by Crippen LogP contribution is -2.42. The van der Waals surface area contributed by atoms with E-state index in [9.17, 15) is 8.42 Å². The second kappa shape index (κ2) is 8.21. The summed E-state index contributed by atoms with van der Waals surface area (Å²) in [5.74, 6) is 1.60. The lowest BCUT2D eigenvalue weighted by molar-refractivity contribution is 0.585. The van der Waals surface area contributed by atoms with E-state index in [0.29, 0.717) is 24.1 Å². The first kappa shape index (κ1) is 17.7. The highest BCUT2D eigenvalue weighted by Gasteiger charge is 2.27. The average Bonchev–Trinajstić information content (AvgIpc) is 2.96. The zero-order chi connectivity index (χ0) is 13.7. The lowest BCUT2D eigenvalue weighted by Gasteiger charge is -2.17. The number of hydrogen-bond acceptors (Lipinski definition) is 3. The average molecular weight is 413 g/mol. The zero-order valence-electron chi connectivity index (χ0n) is 11.8. The van der Waals surface area contributed by atoms with E-state index in [4.69, 9.17) is 0 Å². The Morgan fingerprint density at radius 3 is 2.60 bits per heavy atom. The molecule has 0 spiro atoms. The molecule has 20 heavy (non-hydrogen) atoms. The van der Waals surface area contributed by atoms with Crippen molar-refractivity contribution < 1.29 is 8.42 Å². The van der Waals surface area contributed by atoms with E-state index in [1.807, 2.05) is 6.92 Å². The number of rotatable bonds is 4. The Morgan fingerprint density at radius 1 is 1.35 bits per heavy atom. The number of halogens is 1. The predicted molar refractivity (Wildman–Crippen MR) is 93.5 cm³/mol. The molecule has 1 aliphatic heterocycles. The molecule has 1 unspecified atom stereocenters. The normalized spacial score (nSPS) is 25.4. The van der Waals surface area contributed by atoms with Crippen molar-refractivity contribution in [1.29, 1.82) is 0 Å². The minimum Gasteiger partial charge on any atom is -0.357 e. The van der Waals surface area contributed by atoms with Crippen molar-refractivity contribution in [1.82, 2.24) is 10.6 Å². The first-order chi connectivity index (χ1) is 9.09. The van der Waals surface area contributed by atoms with Crippen molar-refractivity contribution in [2.75, 3.05) is 24.6 Å². The Kier molecular flexibility index (Phi) is 7.28. The van der Waals surface area contributed by atoms with Crippen molar-refractivity contribution in [3.05, 3.63) is 12.2 Å². The van der Waals surface area contributed by atoms with Gasteiger partial charge in [0.25, 0.3) is 0 Å². The monoisotopic (exact) mass is 413 g/mol. The smallest absolute Gasteiger partial charge is 0.191 e. The van der Waals surface area contributed by atoms with Crippen LogP contribution in [0.25, 0.3) is 0 Å². The van der Waals surface area contributed by atoms with Crippen LogP contribution in [0, 0.1) is 5.92 Å². The molecule has 1 atom stereocenters. The van der Waals surface area contributed by atoms with Crippen LogP contribution < -0.4 is 10.6 Å². The molecular formula is C13H24IN3O2S. The van der Waals surface area contributed by atoms with E-state index >= 15 is 0 Å². The van der Waals surface area contributed by atoms with Gasteiger partial charge in [-0.2, -0.15) is 0 Å². The number of hydrogen-bond donors (Lipinski definition) is 2. The maximum absolute atomic E-state index is 11.4. The van der Waals surface area contributed by atoms with Crippen LogP contribution >= 0.6 is 24.0 Å².